The van der Waals surface area contributed by atoms with Crippen LogP contribution in [0.4, 0.5) is 0 Å². The number of para-hydroxylation sites is 1. The Morgan fingerprint density at radius 1 is 1.19 bits per heavy atom. The molecule has 2 aromatic carbocycles. The van der Waals surface area contributed by atoms with E-state index in [1.165, 1.54) is 0 Å². The molecule has 3 heteroatoms. The largest absolute Gasteiger partial charge is 0.478 e. The molecular formula is C18H18O3. The maximum atomic E-state index is 11.7. The van der Waals surface area contributed by atoms with Crippen LogP contribution in [-0.2, 0) is 12.8 Å². The Balaban J connectivity index is 2.07. The van der Waals surface area contributed by atoms with Gasteiger partial charge in [0.15, 0.2) is 0 Å². The van der Waals surface area contributed by atoms with Crippen LogP contribution in [0, 0.1) is 0 Å². The maximum absolute atomic E-state index is 11.7. The average Bonchev–Trinajstić information content (AvgIpc) is 2.50. The van der Waals surface area contributed by atoms with Gasteiger partial charge in [-0.05, 0) is 36.1 Å². The number of fused-ring (bicyclic) bond motifs is 2. The Labute approximate surface area is 124 Å². The van der Waals surface area contributed by atoms with Gasteiger partial charge in [0.2, 0.25) is 0 Å². The van der Waals surface area contributed by atoms with E-state index in [9.17, 15) is 9.90 Å². The minimum absolute atomic E-state index is 0.426. The molecule has 0 spiro atoms. The number of aryl methyl sites for hydroxylation is 1. The number of unbranched alkanes of at least 4 members (excludes halogenated alkanes) is 1. The minimum atomic E-state index is -0.860. The van der Waals surface area contributed by atoms with Crippen LogP contribution in [0.15, 0.2) is 36.4 Å². The van der Waals surface area contributed by atoms with E-state index in [2.05, 4.69) is 6.92 Å². The number of hydrogen-bond donors (Lipinski definition) is 1. The summed E-state index contributed by atoms with van der Waals surface area (Å²) in [4.78, 5) is 11.7. The predicted octanol–water partition coefficient (Wildman–Crippen LogP) is 4.42. The molecule has 0 amide bonds. The van der Waals surface area contributed by atoms with Crippen molar-refractivity contribution in [2.45, 2.75) is 32.6 Å². The lowest BCUT2D eigenvalue weighted by molar-refractivity contribution is 0.0694. The number of aromatic carboxylic acids is 1. The second kappa shape index (κ2) is 5.60. The molecule has 1 aliphatic rings. The first-order valence-corrected chi connectivity index (χ1v) is 7.34. The Bertz CT molecular complexity index is 689. The average molecular weight is 282 g/mol. The van der Waals surface area contributed by atoms with Crippen LogP contribution >= 0.6 is 0 Å². The van der Waals surface area contributed by atoms with E-state index in [0.717, 1.165) is 41.7 Å². The molecule has 0 radical (unpaired) electrons. The fourth-order valence-electron chi connectivity index (χ4n) is 2.85. The van der Waals surface area contributed by atoms with Crippen molar-refractivity contribution in [2.75, 3.05) is 0 Å². The summed E-state index contributed by atoms with van der Waals surface area (Å²) >= 11 is 0. The Morgan fingerprint density at radius 2 is 2.00 bits per heavy atom. The van der Waals surface area contributed by atoms with Crippen molar-refractivity contribution in [3.8, 4) is 11.5 Å². The summed E-state index contributed by atoms with van der Waals surface area (Å²) in [5.41, 5.74) is 3.18. The molecule has 3 rings (SSSR count). The highest BCUT2D eigenvalue weighted by atomic mass is 16.5. The summed E-state index contributed by atoms with van der Waals surface area (Å²) in [7, 11) is 0. The van der Waals surface area contributed by atoms with Crippen molar-refractivity contribution in [3.05, 3.63) is 58.7 Å². The highest BCUT2D eigenvalue weighted by molar-refractivity contribution is 5.92. The van der Waals surface area contributed by atoms with Crippen molar-refractivity contribution in [1.29, 1.82) is 0 Å². The highest BCUT2D eigenvalue weighted by Gasteiger charge is 2.24. The molecule has 3 nitrogen and oxygen atoms in total. The van der Waals surface area contributed by atoms with Gasteiger partial charge in [-0.25, -0.2) is 4.79 Å². The van der Waals surface area contributed by atoms with Gasteiger partial charge >= 0.3 is 5.97 Å². The van der Waals surface area contributed by atoms with Crippen molar-refractivity contribution >= 4 is 5.97 Å². The molecule has 0 atom stereocenters. The van der Waals surface area contributed by atoms with Crippen molar-refractivity contribution in [3.63, 3.8) is 0 Å². The second-order valence-electron chi connectivity index (χ2n) is 5.37. The standard InChI is InChI=1S/C18H18O3/c1-2-3-6-12-9-10-16-14(17(12)18(19)20)11-13-7-4-5-8-15(13)21-16/h4-5,7-10H,2-3,6,11H2,1H3,(H,19,20). The second-order valence-corrected chi connectivity index (χ2v) is 5.37. The summed E-state index contributed by atoms with van der Waals surface area (Å²) < 4.78 is 5.86. The van der Waals surface area contributed by atoms with Gasteiger partial charge in [-0.15, -0.1) is 0 Å². The van der Waals surface area contributed by atoms with Crippen LogP contribution in [0.2, 0.25) is 0 Å². The van der Waals surface area contributed by atoms with Crippen LogP contribution in [0.5, 0.6) is 11.5 Å². The van der Waals surface area contributed by atoms with E-state index in [-0.39, 0.29) is 0 Å². The van der Waals surface area contributed by atoms with Gasteiger partial charge in [0.1, 0.15) is 11.5 Å². The number of benzene rings is 2. The normalized spacial score (nSPS) is 12.2. The van der Waals surface area contributed by atoms with Crippen molar-refractivity contribution in [2.24, 2.45) is 0 Å². The number of ether oxygens (including phenoxy) is 1. The minimum Gasteiger partial charge on any atom is -0.478 e. The van der Waals surface area contributed by atoms with Crippen LogP contribution in [-0.4, -0.2) is 11.1 Å². The number of carboxylic acids is 1. The fraction of sp³-hybridized carbons (Fsp3) is 0.278. The molecule has 108 valence electrons. The molecule has 1 heterocycles. The zero-order valence-electron chi connectivity index (χ0n) is 12.1. The van der Waals surface area contributed by atoms with Gasteiger partial charge in [-0.1, -0.05) is 37.6 Å². The molecule has 0 bridgehead atoms. The first kappa shape index (κ1) is 13.7. The first-order chi connectivity index (χ1) is 10.2. The quantitative estimate of drug-likeness (QED) is 0.770. The highest BCUT2D eigenvalue weighted by Crippen LogP contribution is 2.39. The lowest BCUT2D eigenvalue weighted by atomic mass is 9.91. The monoisotopic (exact) mass is 282 g/mol. The molecule has 2 aromatic rings. The number of carboxylic acid groups (broad SMARTS) is 1. The van der Waals surface area contributed by atoms with E-state index in [1.807, 2.05) is 36.4 Å². The molecule has 0 saturated carbocycles. The van der Waals surface area contributed by atoms with Gasteiger partial charge in [0.05, 0.1) is 5.56 Å². The van der Waals surface area contributed by atoms with Gasteiger partial charge in [0, 0.05) is 12.0 Å². The van der Waals surface area contributed by atoms with E-state index < -0.39 is 5.97 Å². The summed E-state index contributed by atoms with van der Waals surface area (Å²) in [6, 6.07) is 11.6. The molecule has 0 aromatic heterocycles. The molecule has 21 heavy (non-hydrogen) atoms. The third-order valence-electron chi connectivity index (χ3n) is 3.93. The Morgan fingerprint density at radius 3 is 2.76 bits per heavy atom. The predicted molar refractivity (Wildman–Crippen MR) is 81.3 cm³/mol. The van der Waals surface area contributed by atoms with E-state index in [0.29, 0.717) is 17.7 Å². The zero-order valence-corrected chi connectivity index (χ0v) is 12.1. The molecule has 0 saturated heterocycles. The van der Waals surface area contributed by atoms with Crippen LogP contribution in [0.1, 0.15) is 46.8 Å². The summed E-state index contributed by atoms with van der Waals surface area (Å²) in [5, 5.41) is 9.61. The Hall–Kier alpha value is -2.29. The molecule has 1 aliphatic heterocycles. The fourth-order valence-corrected chi connectivity index (χ4v) is 2.85. The number of hydrogen-bond acceptors (Lipinski definition) is 2. The molecule has 0 fully saturated rings. The molecule has 0 aliphatic carbocycles. The lowest BCUT2D eigenvalue weighted by Gasteiger charge is -2.23. The van der Waals surface area contributed by atoms with Gasteiger partial charge < -0.3 is 9.84 Å². The topological polar surface area (TPSA) is 46.5 Å². The van der Waals surface area contributed by atoms with Crippen LogP contribution in [0.25, 0.3) is 0 Å². The van der Waals surface area contributed by atoms with Gasteiger partial charge in [-0.3, -0.25) is 0 Å². The van der Waals surface area contributed by atoms with Crippen molar-refractivity contribution in [1.82, 2.24) is 0 Å². The SMILES string of the molecule is CCCCc1ccc2c(c1C(=O)O)Cc1ccccc1O2. The van der Waals surface area contributed by atoms with E-state index in [1.54, 1.807) is 0 Å². The van der Waals surface area contributed by atoms with E-state index >= 15 is 0 Å². The molecule has 1 N–H and O–H groups in total. The zero-order chi connectivity index (χ0) is 14.8. The van der Waals surface area contributed by atoms with Crippen LogP contribution < -0.4 is 4.74 Å². The first-order valence-electron chi connectivity index (χ1n) is 7.34. The lowest BCUT2D eigenvalue weighted by Crippen LogP contribution is -2.12. The smallest absolute Gasteiger partial charge is 0.336 e. The summed E-state index contributed by atoms with van der Waals surface area (Å²) in [5.74, 6) is 0.634. The van der Waals surface area contributed by atoms with Gasteiger partial charge in [0.25, 0.3) is 0 Å². The summed E-state index contributed by atoms with van der Waals surface area (Å²) in [6.45, 7) is 2.11. The summed E-state index contributed by atoms with van der Waals surface area (Å²) in [6.07, 6.45) is 3.46. The number of rotatable bonds is 4. The Kier molecular flexibility index (Phi) is 3.65. The number of carbonyl (C=O) groups is 1. The maximum Gasteiger partial charge on any atom is 0.336 e. The third kappa shape index (κ3) is 2.51. The van der Waals surface area contributed by atoms with Crippen LogP contribution in [0.3, 0.4) is 0 Å². The van der Waals surface area contributed by atoms with Gasteiger partial charge in [-0.2, -0.15) is 0 Å². The van der Waals surface area contributed by atoms with Crippen molar-refractivity contribution < 1.29 is 14.6 Å². The van der Waals surface area contributed by atoms with E-state index in [4.69, 9.17) is 4.74 Å². The molecular weight excluding hydrogens is 264 g/mol. The molecule has 0 unspecified atom stereocenters. The third-order valence-corrected chi connectivity index (χ3v) is 3.93.